The lowest BCUT2D eigenvalue weighted by Gasteiger charge is -2.31. The monoisotopic (exact) mass is 242 g/mol. The highest BCUT2D eigenvalue weighted by molar-refractivity contribution is 5.74. The molecule has 0 aromatic carbocycles. The van der Waals surface area contributed by atoms with Crippen molar-refractivity contribution in [1.29, 1.82) is 0 Å². The minimum atomic E-state index is 0.0592. The number of carbonyl (C=O) groups is 1. The normalized spacial score (nSPS) is 18.8. The number of rotatable bonds is 5. The van der Waals surface area contributed by atoms with Crippen LogP contribution in [0.3, 0.4) is 0 Å². The van der Waals surface area contributed by atoms with Gasteiger partial charge in [0.15, 0.2) is 0 Å². The quantitative estimate of drug-likeness (QED) is 0.804. The predicted octanol–water partition coefficient (Wildman–Crippen LogP) is 2.39. The van der Waals surface area contributed by atoms with Gasteiger partial charge in [0, 0.05) is 19.7 Å². The summed E-state index contributed by atoms with van der Waals surface area (Å²) in [5.74, 6) is 0. The van der Waals surface area contributed by atoms with E-state index in [2.05, 4.69) is 5.32 Å². The van der Waals surface area contributed by atoms with Crippen LogP contribution in [0.1, 0.15) is 46.0 Å². The summed E-state index contributed by atoms with van der Waals surface area (Å²) in [6.07, 6.45) is 6.04. The molecule has 0 radical (unpaired) electrons. The van der Waals surface area contributed by atoms with Crippen LogP contribution in [0, 0.1) is 0 Å². The van der Waals surface area contributed by atoms with Gasteiger partial charge in [-0.1, -0.05) is 19.3 Å². The van der Waals surface area contributed by atoms with E-state index in [1.165, 1.54) is 19.3 Å². The first-order valence-corrected chi connectivity index (χ1v) is 6.75. The molecular weight excluding hydrogens is 216 g/mol. The SMILES string of the molecule is CCN(C(=O)NC1CCCCC1)C(C)COC. The van der Waals surface area contributed by atoms with Crippen molar-refractivity contribution in [3.63, 3.8) is 0 Å². The summed E-state index contributed by atoms with van der Waals surface area (Å²) in [5, 5.41) is 3.14. The van der Waals surface area contributed by atoms with E-state index < -0.39 is 0 Å². The molecule has 1 aliphatic rings. The summed E-state index contributed by atoms with van der Waals surface area (Å²) in [7, 11) is 1.67. The molecule has 1 unspecified atom stereocenters. The van der Waals surface area contributed by atoms with E-state index in [0.717, 1.165) is 19.4 Å². The molecule has 1 saturated carbocycles. The Kier molecular flexibility index (Phi) is 6.34. The van der Waals surface area contributed by atoms with Crippen molar-refractivity contribution in [2.75, 3.05) is 20.3 Å². The van der Waals surface area contributed by atoms with E-state index in [1.54, 1.807) is 7.11 Å². The molecule has 1 aliphatic carbocycles. The Bertz CT molecular complexity index is 227. The third-order valence-corrected chi connectivity index (χ3v) is 3.47. The minimum Gasteiger partial charge on any atom is -0.383 e. The summed E-state index contributed by atoms with van der Waals surface area (Å²) in [5.41, 5.74) is 0. The standard InChI is InChI=1S/C13H26N2O2/c1-4-15(11(2)10-17-3)13(16)14-12-8-6-5-7-9-12/h11-12H,4-10H2,1-3H3,(H,14,16). The molecule has 100 valence electrons. The molecule has 0 aliphatic heterocycles. The van der Waals surface area contributed by atoms with E-state index >= 15 is 0 Å². The Hall–Kier alpha value is -0.770. The van der Waals surface area contributed by atoms with Gasteiger partial charge in [0.25, 0.3) is 0 Å². The molecular formula is C13H26N2O2. The van der Waals surface area contributed by atoms with Crippen LogP contribution in [0.2, 0.25) is 0 Å². The van der Waals surface area contributed by atoms with Crippen molar-refractivity contribution in [2.45, 2.75) is 58.0 Å². The van der Waals surface area contributed by atoms with E-state index in [1.807, 2.05) is 18.7 Å². The minimum absolute atomic E-state index is 0.0592. The molecule has 1 rings (SSSR count). The van der Waals surface area contributed by atoms with Gasteiger partial charge in [0.05, 0.1) is 12.6 Å². The molecule has 17 heavy (non-hydrogen) atoms. The Balaban J connectivity index is 2.41. The molecule has 0 aromatic rings. The van der Waals surface area contributed by atoms with E-state index in [4.69, 9.17) is 4.74 Å². The topological polar surface area (TPSA) is 41.6 Å². The van der Waals surface area contributed by atoms with Gasteiger partial charge in [-0.05, 0) is 26.7 Å². The third kappa shape index (κ3) is 4.54. The number of methoxy groups -OCH3 is 1. The van der Waals surface area contributed by atoms with E-state index in [-0.39, 0.29) is 12.1 Å². The predicted molar refractivity (Wildman–Crippen MR) is 69.1 cm³/mol. The smallest absolute Gasteiger partial charge is 0.317 e. The van der Waals surface area contributed by atoms with Crippen molar-refractivity contribution in [3.05, 3.63) is 0 Å². The second kappa shape index (κ2) is 7.54. The van der Waals surface area contributed by atoms with E-state index in [9.17, 15) is 4.79 Å². The van der Waals surface area contributed by atoms with Crippen molar-refractivity contribution < 1.29 is 9.53 Å². The summed E-state index contributed by atoms with van der Waals surface area (Å²) in [6.45, 7) is 5.34. The first-order valence-electron chi connectivity index (χ1n) is 6.75. The van der Waals surface area contributed by atoms with Gasteiger partial charge in [-0.25, -0.2) is 4.79 Å². The molecule has 1 fully saturated rings. The van der Waals surface area contributed by atoms with Crippen molar-refractivity contribution in [3.8, 4) is 0 Å². The molecule has 0 aromatic heterocycles. The molecule has 1 atom stereocenters. The molecule has 4 nitrogen and oxygen atoms in total. The Morgan fingerprint density at radius 2 is 2.06 bits per heavy atom. The van der Waals surface area contributed by atoms with Gasteiger partial charge in [-0.2, -0.15) is 0 Å². The Labute approximate surface area is 105 Å². The van der Waals surface area contributed by atoms with Crippen LogP contribution in [0.25, 0.3) is 0 Å². The molecule has 0 saturated heterocycles. The van der Waals surface area contributed by atoms with Crippen molar-refractivity contribution in [1.82, 2.24) is 10.2 Å². The van der Waals surface area contributed by atoms with Gasteiger partial charge < -0.3 is 15.0 Å². The summed E-state index contributed by atoms with van der Waals surface area (Å²) in [6, 6.07) is 0.567. The van der Waals surface area contributed by atoms with Crippen LogP contribution < -0.4 is 5.32 Å². The number of hydrogen-bond donors (Lipinski definition) is 1. The maximum atomic E-state index is 12.1. The zero-order valence-corrected chi connectivity index (χ0v) is 11.4. The second-order valence-electron chi connectivity index (χ2n) is 4.87. The second-order valence-corrected chi connectivity index (χ2v) is 4.87. The lowest BCUT2D eigenvalue weighted by Crippen LogP contribution is -2.50. The Morgan fingerprint density at radius 3 is 2.59 bits per heavy atom. The van der Waals surface area contributed by atoms with Gasteiger partial charge in [0.2, 0.25) is 0 Å². The van der Waals surface area contributed by atoms with Crippen LogP contribution >= 0.6 is 0 Å². The highest BCUT2D eigenvalue weighted by Crippen LogP contribution is 2.17. The summed E-state index contributed by atoms with van der Waals surface area (Å²) >= 11 is 0. The van der Waals surface area contributed by atoms with Crippen LogP contribution in [0.5, 0.6) is 0 Å². The van der Waals surface area contributed by atoms with Gasteiger partial charge in [0.1, 0.15) is 0 Å². The van der Waals surface area contributed by atoms with Crippen LogP contribution in [-0.2, 0) is 4.74 Å². The average Bonchev–Trinajstić information content (AvgIpc) is 2.31. The molecule has 0 heterocycles. The van der Waals surface area contributed by atoms with Gasteiger partial charge in [-0.15, -0.1) is 0 Å². The largest absolute Gasteiger partial charge is 0.383 e. The lowest BCUT2D eigenvalue weighted by molar-refractivity contribution is 0.111. The molecule has 2 amide bonds. The van der Waals surface area contributed by atoms with Crippen LogP contribution in [-0.4, -0.2) is 43.3 Å². The zero-order valence-electron chi connectivity index (χ0n) is 11.4. The molecule has 0 spiro atoms. The fourth-order valence-electron chi connectivity index (χ4n) is 2.49. The highest BCUT2D eigenvalue weighted by atomic mass is 16.5. The first-order chi connectivity index (χ1) is 8.19. The molecule has 0 bridgehead atoms. The number of nitrogens with zero attached hydrogens (tertiary/aromatic N) is 1. The summed E-state index contributed by atoms with van der Waals surface area (Å²) in [4.78, 5) is 14.0. The average molecular weight is 242 g/mol. The zero-order chi connectivity index (χ0) is 12.7. The summed E-state index contributed by atoms with van der Waals surface area (Å²) < 4.78 is 5.10. The van der Waals surface area contributed by atoms with Gasteiger partial charge >= 0.3 is 6.03 Å². The van der Waals surface area contributed by atoms with Crippen LogP contribution in [0.4, 0.5) is 4.79 Å². The maximum Gasteiger partial charge on any atom is 0.317 e. The maximum absolute atomic E-state index is 12.1. The fourth-order valence-corrected chi connectivity index (χ4v) is 2.49. The highest BCUT2D eigenvalue weighted by Gasteiger charge is 2.22. The number of amides is 2. The number of hydrogen-bond acceptors (Lipinski definition) is 2. The Morgan fingerprint density at radius 1 is 1.41 bits per heavy atom. The number of ether oxygens (including phenoxy) is 1. The van der Waals surface area contributed by atoms with Crippen molar-refractivity contribution in [2.24, 2.45) is 0 Å². The molecule has 1 N–H and O–H groups in total. The number of likely N-dealkylation sites (N-methyl/N-ethyl adjacent to an activating group) is 1. The van der Waals surface area contributed by atoms with E-state index in [0.29, 0.717) is 12.6 Å². The first kappa shape index (κ1) is 14.3. The van der Waals surface area contributed by atoms with Gasteiger partial charge in [-0.3, -0.25) is 0 Å². The van der Waals surface area contributed by atoms with Crippen LogP contribution in [0.15, 0.2) is 0 Å². The number of urea groups is 1. The fraction of sp³-hybridized carbons (Fsp3) is 0.923. The third-order valence-electron chi connectivity index (χ3n) is 3.47. The number of nitrogens with one attached hydrogen (secondary N) is 1. The van der Waals surface area contributed by atoms with Crippen molar-refractivity contribution >= 4 is 6.03 Å². The molecule has 4 heteroatoms. The number of carbonyl (C=O) groups excluding carboxylic acids is 1. The lowest BCUT2D eigenvalue weighted by atomic mass is 9.96.